The average molecular weight is 301 g/mol. The molecular formula is C11H7BrClNO2. The van der Waals surface area contributed by atoms with Crippen LogP contribution in [0.15, 0.2) is 41.0 Å². The summed E-state index contributed by atoms with van der Waals surface area (Å²) < 4.78 is 6.24. The first-order valence-corrected chi connectivity index (χ1v) is 5.60. The number of ether oxygens (including phenoxy) is 1. The Hall–Kier alpha value is -1.26. The number of phenols is 1. The lowest BCUT2D eigenvalue weighted by atomic mass is 10.3. The smallest absolute Gasteiger partial charge is 0.219 e. The van der Waals surface area contributed by atoms with Crippen molar-refractivity contribution in [3.05, 3.63) is 46.0 Å². The lowest BCUT2D eigenvalue weighted by Crippen LogP contribution is -1.87. The van der Waals surface area contributed by atoms with Gasteiger partial charge in [0, 0.05) is 27.8 Å². The van der Waals surface area contributed by atoms with Crippen molar-refractivity contribution in [2.45, 2.75) is 0 Å². The van der Waals surface area contributed by atoms with E-state index in [2.05, 4.69) is 20.9 Å². The highest BCUT2D eigenvalue weighted by atomic mass is 79.9. The van der Waals surface area contributed by atoms with Gasteiger partial charge >= 0.3 is 0 Å². The molecule has 0 radical (unpaired) electrons. The maximum absolute atomic E-state index is 9.56. The van der Waals surface area contributed by atoms with Crippen molar-refractivity contribution >= 4 is 27.5 Å². The van der Waals surface area contributed by atoms with E-state index >= 15 is 0 Å². The summed E-state index contributed by atoms with van der Waals surface area (Å²) in [6.45, 7) is 0. The van der Waals surface area contributed by atoms with Gasteiger partial charge in [0.05, 0.1) is 0 Å². The molecule has 5 heteroatoms. The highest BCUT2D eigenvalue weighted by Gasteiger charge is 2.05. The van der Waals surface area contributed by atoms with Crippen molar-refractivity contribution in [1.29, 1.82) is 0 Å². The minimum absolute atomic E-state index is 0.0165. The lowest BCUT2D eigenvalue weighted by Gasteiger charge is -2.06. The normalized spacial score (nSPS) is 10.1. The number of pyridine rings is 1. The van der Waals surface area contributed by atoms with Crippen molar-refractivity contribution in [3.8, 4) is 17.4 Å². The third-order valence-corrected chi connectivity index (χ3v) is 2.54. The minimum Gasteiger partial charge on any atom is -0.504 e. The Balaban J connectivity index is 2.23. The SMILES string of the molecule is Oc1cc(Cl)ccc1Oc1ccc(Br)cn1. The molecule has 0 spiro atoms. The predicted molar refractivity (Wildman–Crippen MR) is 65.1 cm³/mol. The van der Waals surface area contributed by atoms with E-state index < -0.39 is 0 Å². The van der Waals surface area contributed by atoms with E-state index in [1.165, 1.54) is 6.07 Å². The zero-order chi connectivity index (χ0) is 11.5. The van der Waals surface area contributed by atoms with Crippen LogP contribution < -0.4 is 4.74 Å². The molecule has 1 aromatic heterocycles. The van der Waals surface area contributed by atoms with Crippen molar-refractivity contribution in [2.24, 2.45) is 0 Å². The molecule has 0 aliphatic rings. The highest BCUT2D eigenvalue weighted by molar-refractivity contribution is 9.10. The summed E-state index contributed by atoms with van der Waals surface area (Å²) in [4.78, 5) is 4.02. The fraction of sp³-hybridized carbons (Fsp3) is 0. The fourth-order valence-electron chi connectivity index (χ4n) is 1.11. The monoisotopic (exact) mass is 299 g/mol. The molecule has 0 aliphatic carbocycles. The maximum Gasteiger partial charge on any atom is 0.219 e. The molecular weight excluding hydrogens is 293 g/mol. The van der Waals surface area contributed by atoms with Gasteiger partial charge in [-0.1, -0.05) is 11.6 Å². The van der Waals surface area contributed by atoms with E-state index in [-0.39, 0.29) is 5.75 Å². The fourth-order valence-corrected chi connectivity index (χ4v) is 1.51. The zero-order valence-electron chi connectivity index (χ0n) is 8.02. The van der Waals surface area contributed by atoms with Crippen molar-refractivity contribution in [3.63, 3.8) is 0 Å². The largest absolute Gasteiger partial charge is 0.504 e. The number of aromatic nitrogens is 1. The molecule has 1 N–H and O–H groups in total. The number of hydrogen-bond acceptors (Lipinski definition) is 3. The highest BCUT2D eigenvalue weighted by Crippen LogP contribution is 2.32. The van der Waals surface area contributed by atoms with Gasteiger partial charge in [-0.05, 0) is 34.1 Å². The van der Waals surface area contributed by atoms with Crippen LogP contribution in [0.2, 0.25) is 5.02 Å². The number of halogens is 2. The first-order chi connectivity index (χ1) is 7.65. The van der Waals surface area contributed by atoms with Crippen LogP contribution in [0, 0.1) is 0 Å². The molecule has 0 saturated carbocycles. The molecule has 0 saturated heterocycles. The van der Waals surface area contributed by atoms with Crippen molar-refractivity contribution < 1.29 is 9.84 Å². The molecule has 3 nitrogen and oxygen atoms in total. The van der Waals surface area contributed by atoms with Gasteiger partial charge < -0.3 is 9.84 Å². The molecule has 0 amide bonds. The minimum atomic E-state index is -0.0165. The molecule has 0 bridgehead atoms. The summed E-state index contributed by atoms with van der Waals surface area (Å²) in [6, 6.07) is 8.13. The summed E-state index contributed by atoms with van der Waals surface area (Å²) >= 11 is 8.97. The third-order valence-electron chi connectivity index (χ3n) is 1.84. The zero-order valence-corrected chi connectivity index (χ0v) is 10.4. The van der Waals surface area contributed by atoms with Gasteiger partial charge in [-0.15, -0.1) is 0 Å². The first kappa shape index (κ1) is 11.2. The summed E-state index contributed by atoms with van der Waals surface area (Å²) in [5.41, 5.74) is 0. The quantitative estimate of drug-likeness (QED) is 0.911. The van der Waals surface area contributed by atoms with E-state index in [4.69, 9.17) is 16.3 Å². The van der Waals surface area contributed by atoms with Gasteiger partial charge in [0.25, 0.3) is 0 Å². The number of nitrogens with zero attached hydrogens (tertiary/aromatic N) is 1. The van der Waals surface area contributed by atoms with E-state index in [0.717, 1.165) is 4.47 Å². The van der Waals surface area contributed by atoms with Gasteiger partial charge in [0.2, 0.25) is 5.88 Å². The van der Waals surface area contributed by atoms with E-state index in [1.807, 2.05) is 0 Å². The van der Waals surface area contributed by atoms with Gasteiger partial charge in [-0.2, -0.15) is 0 Å². The molecule has 0 unspecified atom stereocenters. The summed E-state index contributed by atoms with van der Waals surface area (Å²) in [6.07, 6.45) is 1.61. The Kier molecular flexibility index (Phi) is 3.31. The molecule has 2 rings (SSSR count). The predicted octanol–water partition coefficient (Wildman–Crippen LogP) is 4.00. The number of phenolic OH excluding ortho intramolecular Hbond substituents is 1. The molecule has 0 aliphatic heterocycles. The second-order valence-electron chi connectivity index (χ2n) is 3.03. The molecule has 1 aromatic carbocycles. The van der Waals surface area contributed by atoms with Crippen LogP contribution in [-0.4, -0.2) is 10.1 Å². The number of rotatable bonds is 2. The summed E-state index contributed by atoms with van der Waals surface area (Å²) in [7, 11) is 0. The molecule has 16 heavy (non-hydrogen) atoms. The number of benzene rings is 1. The van der Waals surface area contributed by atoms with Gasteiger partial charge in [0.15, 0.2) is 11.5 Å². The first-order valence-electron chi connectivity index (χ1n) is 4.43. The van der Waals surface area contributed by atoms with Gasteiger partial charge in [-0.25, -0.2) is 4.98 Å². The molecule has 82 valence electrons. The van der Waals surface area contributed by atoms with Crippen LogP contribution in [0.3, 0.4) is 0 Å². The van der Waals surface area contributed by atoms with Crippen LogP contribution in [0.5, 0.6) is 17.4 Å². The molecule has 0 atom stereocenters. The second kappa shape index (κ2) is 4.72. The Bertz CT molecular complexity index is 502. The van der Waals surface area contributed by atoms with E-state index in [1.54, 1.807) is 30.5 Å². The molecule has 1 heterocycles. The lowest BCUT2D eigenvalue weighted by molar-refractivity contribution is 0.403. The summed E-state index contributed by atoms with van der Waals surface area (Å²) in [5.74, 6) is 0.706. The van der Waals surface area contributed by atoms with E-state index in [0.29, 0.717) is 16.7 Å². The molecule has 0 fully saturated rings. The van der Waals surface area contributed by atoms with Crippen LogP contribution >= 0.6 is 27.5 Å². The Morgan fingerprint density at radius 2 is 2.06 bits per heavy atom. The number of aromatic hydroxyl groups is 1. The average Bonchev–Trinajstić information content (AvgIpc) is 2.25. The Morgan fingerprint density at radius 3 is 2.69 bits per heavy atom. The standard InChI is InChI=1S/C11H7BrClNO2/c12-7-1-4-11(14-6-7)16-10-3-2-8(13)5-9(10)15/h1-6,15H. The number of hydrogen-bond donors (Lipinski definition) is 1. The van der Waals surface area contributed by atoms with Crippen LogP contribution in [0.25, 0.3) is 0 Å². The second-order valence-corrected chi connectivity index (χ2v) is 4.38. The van der Waals surface area contributed by atoms with Crippen LogP contribution in [0.4, 0.5) is 0 Å². The maximum atomic E-state index is 9.56. The van der Waals surface area contributed by atoms with E-state index in [9.17, 15) is 5.11 Å². The van der Waals surface area contributed by atoms with Crippen LogP contribution in [0.1, 0.15) is 0 Å². The van der Waals surface area contributed by atoms with Crippen molar-refractivity contribution in [1.82, 2.24) is 4.98 Å². The third kappa shape index (κ3) is 2.65. The van der Waals surface area contributed by atoms with Crippen molar-refractivity contribution in [2.75, 3.05) is 0 Å². The topological polar surface area (TPSA) is 42.4 Å². The summed E-state index contributed by atoms with van der Waals surface area (Å²) in [5, 5.41) is 10.0. The van der Waals surface area contributed by atoms with Gasteiger partial charge in [-0.3, -0.25) is 0 Å². The van der Waals surface area contributed by atoms with Crippen LogP contribution in [-0.2, 0) is 0 Å². The van der Waals surface area contributed by atoms with Gasteiger partial charge in [0.1, 0.15) is 0 Å². The Morgan fingerprint density at radius 1 is 1.25 bits per heavy atom. The molecule has 2 aromatic rings. The Labute approximate surface area is 106 Å².